The molecule has 206 valence electrons. The summed E-state index contributed by atoms with van der Waals surface area (Å²) in [6, 6.07) is 17.7. The SMILES string of the molecule is CCCCOc1ccc(C2C(C#N)=C(N)Oc3cc(OC(=O)/C=C/c4ccc(Cl)cc4Cl)ccc32)cc1OCC. The third-order valence-corrected chi connectivity index (χ3v) is 6.69. The van der Waals surface area contributed by atoms with Crippen molar-refractivity contribution in [3.05, 3.63) is 98.9 Å². The molecule has 0 aliphatic carbocycles. The van der Waals surface area contributed by atoms with E-state index in [1.165, 1.54) is 12.2 Å². The molecule has 0 radical (unpaired) electrons. The largest absolute Gasteiger partial charge is 0.490 e. The van der Waals surface area contributed by atoms with E-state index in [1.54, 1.807) is 36.4 Å². The fourth-order valence-corrected chi connectivity index (χ4v) is 4.68. The molecule has 0 spiro atoms. The predicted octanol–water partition coefficient (Wildman–Crippen LogP) is 7.41. The van der Waals surface area contributed by atoms with E-state index >= 15 is 0 Å². The number of hydrogen-bond donors (Lipinski definition) is 1. The van der Waals surface area contributed by atoms with Gasteiger partial charge in [0.05, 0.1) is 19.1 Å². The van der Waals surface area contributed by atoms with Crippen LogP contribution in [0.15, 0.2) is 72.1 Å². The lowest BCUT2D eigenvalue weighted by Gasteiger charge is -2.27. The predicted molar refractivity (Wildman–Crippen MR) is 155 cm³/mol. The molecule has 3 aromatic carbocycles. The number of nitrogens with two attached hydrogens (primary N) is 1. The zero-order chi connectivity index (χ0) is 28.6. The monoisotopic (exact) mass is 578 g/mol. The summed E-state index contributed by atoms with van der Waals surface area (Å²) in [5, 5.41) is 10.8. The molecule has 2 N–H and O–H groups in total. The van der Waals surface area contributed by atoms with Gasteiger partial charge >= 0.3 is 5.97 Å². The van der Waals surface area contributed by atoms with Crippen LogP contribution in [0.5, 0.6) is 23.0 Å². The second-order valence-corrected chi connectivity index (χ2v) is 9.73. The maximum Gasteiger partial charge on any atom is 0.336 e. The average molecular weight is 579 g/mol. The van der Waals surface area contributed by atoms with Crippen LogP contribution in [0, 0.1) is 11.3 Å². The summed E-state index contributed by atoms with van der Waals surface area (Å²) in [7, 11) is 0. The maximum absolute atomic E-state index is 12.5. The van der Waals surface area contributed by atoms with Gasteiger partial charge in [-0.25, -0.2) is 4.79 Å². The Kier molecular flexibility index (Phi) is 9.60. The van der Waals surface area contributed by atoms with E-state index in [9.17, 15) is 10.1 Å². The molecule has 1 aliphatic heterocycles. The molecule has 0 aromatic heterocycles. The number of benzene rings is 3. The zero-order valence-corrected chi connectivity index (χ0v) is 23.6. The molecular weight excluding hydrogens is 551 g/mol. The number of carbonyl (C=O) groups is 1. The summed E-state index contributed by atoms with van der Waals surface area (Å²) >= 11 is 12.1. The van der Waals surface area contributed by atoms with Gasteiger partial charge in [-0.05, 0) is 60.9 Å². The van der Waals surface area contributed by atoms with Gasteiger partial charge in [0.2, 0.25) is 5.88 Å². The van der Waals surface area contributed by atoms with Crippen LogP contribution in [0.3, 0.4) is 0 Å². The fourth-order valence-electron chi connectivity index (χ4n) is 4.21. The zero-order valence-electron chi connectivity index (χ0n) is 22.1. The number of hydrogen-bond acceptors (Lipinski definition) is 7. The summed E-state index contributed by atoms with van der Waals surface area (Å²) < 4.78 is 23.0. The number of esters is 1. The minimum atomic E-state index is -0.612. The summed E-state index contributed by atoms with van der Waals surface area (Å²) in [4.78, 5) is 12.5. The van der Waals surface area contributed by atoms with Crippen LogP contribution in [0.4, 0.5) is 0 Å². The van der Waals surface area contributed by atoms with Crippen molar-refractivity contribution < 1.29 is 23.7 Å². The van der Waals surface area contributed by atoms with Crippen LogP contribution in [0.1, 0.15) is 49.3 Å². The second-order valence-electron chi connectivity index (χ2n) is 8.89. The normalized spacial score (nSPS) is 14.3. The van der Waals surface area contributed by atoms with Crippen molar-refractivity contribution in [1.82, 2.24) is 0 Å². The number of allylic oxidation sites excluding steroid dienone is 1. The molecule has 1 unspecified atom stereocenters. The summed E-state index contributed by atoms with van der Waals surface area (Å²) in [6.45, 7) is 5.02. The van der Waals surface area contributed by atoms with E-state index in [0.29, 0.717) is 51.6 Å². The first-order valence-electron chi connectivity index (χ1n) is 12.8. The van der Waals surface area contributed by atoms with Crippen LogP contribution in [0.25, 0.3) is 6.08 Å². The highest BCUT2D eigenvalue weighted by Gasteiger charge is 2.31. The van der Waals surface area contributed by atoms with Crippen molar-refractivity contribution >= 4 is 35.2 Å². The molecule has 3 aromatic rings. The lowest BCUT2D eigenvalue weighted by Crippen LogP contribution is -2.21. The van der Waals surface area contributed by atoms with E-state index in [4.69, 9.17) is 47.9 Å². The standard InChI is InChI=1S/C31H28Cl2N2O5/c1-3-5-14-38-26-12-7-20(15-28(26)37-4-2)30-23-11-10-22(17-27(23)40-31(35)24(30)18-34)39-29(36)13-8-19-6-9-21(32)16-25(19)33/h6-13,15-17,30H,3-5,14,35H2,1-2H3/b13-8+. The third kappa shape index (κ3) is 6.71. The molecule has 1 aliphatic rings. The first kappa shape index (κ1) is 28.9. The van der Waals surface area contributed by atoms with Crippen molar-refractivity contribution in [3.8, 4) is 29.1 Å². The van der Waals surface area contributed by atoms with E-state index < -0.39 is 11.9 Å². The third-order valence-electron chi connectivity index (χ3n) is 6.13. The van der Waals surface area contributed by atoms with Gasteiger partial charge in [-0.15, -0.1) is 0 Å². The van der Waals surface area contributed by atoms with Gasteiger partial charge in [-0.3, -0.25) is 0 Å². The topological polar surface area (TPSA) is 104 Å². The summed E-state index contributed by atoms with van der Waals surface area (Å²) in [6.07, 6.45) is 4.74. The van der Waals surface area contributed by atoms with Gasteiger partial charge in [-0.2, -0.15) is 5.26 Å². The Morgan fingerprint density at radius 1 is 1.07 bits per heavy atom. The van der Waals surface area contributed by atoms with Gasteiger partial charge in [0, 0.05) is 27.8 Å². The highest BCUT2D eigenvalue weighted by Crippen LogP contribution is 2.45. The Bertz CT molecular complexity index is 1510. The summed E-state index contributed by atoms with van der Waals surface area (Å²) in [5.41, 5.74) is 8.52. The highest BCUT2D eigenvalue weighted by atomic mass is 35.5. The molecule has 0 saturated heterocycles. The van der Waals surface area contributed by atoms with Gasteiger partial charge in [-0.1, -0.05) is 54.7 Å². The molecule has 1 atom stereocenters. The molecule has 7 nitrogen and oxygen atoms in total. The number of carbonyl (C=O) groups excluding carboxylic acids is 1. The smallest absolute Gasteiger partial charge is 0.336 e. The number of ether oxygens (including phenoxy) is 4. The van der Waals surface area contributed by atoms with Gasteiger partial charge in [0.15, 0.2) is 11.5 Å². The minimum absolute atomic E-state index is 0.0259. The van der Waals surface area contributed by atoms with Gasteiger partial charge in [0.1, 0.15) is 23.1 Å². The molecule has 0 amide bonds. The first-order chi connectivity index (χ1) is 19.3. The van der Waals surface area contributed by atoms with Crippen molar-refractivity contribution in [2.45, 2.75) is 32.6 Å². The number of nitriles is 1. The molecule has 9 heteroatoms. The van der Waals surface area contributed by atoms with Crippen molar-refractivity contribution in [3.63, 3.8) is 0 Å². The first-order valence-corrected chi connectivity index (χ1v) is 13.6. The molecule has 0 saturated carbocycles. The number of unbranched alkanes of at least 4 members (excludes halogenated alkanes) is 1. The van der Waals surface area contributed by atoms with Crippen LogP contribution < -0.4 is 24.7 Å². The van der Waals surface area contributed by atoms with Crippen molar-refractivity contribution in [1.29, 1.82) is 5.26 Å². The molecular formula is C31H28Cl2N2O5. The Morgan fingerprint density at radius 3 is 2.62 bits per heavy atom. The lowest BCUT2D eigenvalue weighted by atomic mass is 9.83. The number of nitrogens with zero attached hydrogens (tertiary/aromatic N) is 1. The van der Waals surface area contributed by atoms with Gasteiger partial charge < -0.3 is 24.7 Å². The Balaban J connectivity index is 1.61. The quantitative estimate of drug-likeness (QED) is 0.115. The summed E-state index contributed by atoms with van der Waals surface area (Å²) in [5.74, 6) is 0.682. The van der Waals surface area contributed by atoms with Crippen LogP contribution in [-0.4, -0.2) is 19.2 Å². The van der Waals surface area contributed by atoms with Gasteiger partial charge in [0.25, 0.3) is 0 Å². The average Bonchev–Trinajstić information content (AvgIpc) is 2.93. The molecule has 4 rings (SSSR count). The lowest BCUT2D eigenvalue weighted by molar-refractivity contribution is -0.128. The van der Waals surface area contributed by atoms with Crippen LogP contribution >= 0.6 is 23.2 Å². The van der Waals surface area contributed by atoms with E-state index in [2.05, 4.69) is 13.0 Å². The number of halogens is 2. The van der Waals surface area contributed by atoms with E-state index in [-0.39, 0.29) is 17.2 Å². The molecule has 40 heavy (non-hydrogen) atoms. The number of fused-ring (bicyclic) bond motifs is 1. The Labute approximate surface area is 243 Å². The maximum atomic E-state index is 12.5. The van der Waals surface area contributed by atoms with Crippen LogP contribution in [0.2, 0.25) is 10.0 Å². The number of rotatable bonds is 10. The van der Waals surface area contributed by atoms with Crippen molar-refractivity contribution in [2.75, 3.05) is 13.2 Å². The van der Waals surface area contributed by atoms with E-state index in [1.807, 2.05) is 25.1 Å². The van der Waals surface area contributed by atoms with E-state index in [0.717, 1.165) is 18.4 Å². The Morgan fingerprint density at radius 2 is 1.90 bits per heavy atom. The van der Waals surface area contributed by atoms with Crippen LogP contribution in [-0.2, 0) is 4.79 Å². The Hall–Kier alpha value is -4.12. The fraction of sp³-hybridized carbons (Fsp3) is 0.226. The second kappa shape index (κ2) is 13.3. The minimum Gasteiger partial charge on any atom is -0.490 e. The molecule has 0 bridgehead atoms. The highest BCUT2D eigenvalue weighted by molar-refractivity contribution is 6.35. The molecule has 1 heterocycles. The molecule has 0 fully saturated rings. The van der Waals surface area contributed by atoms with Crippen molar-refractivity contribution in [2.24, 2.45) is 5.73 Å².